The van der Waals surface area contributed by atoms with Crippen LogP contribution in [0.2, 0.25) is 0 Å². The van der Waals surface area contributed by atoms with Gasteiger partial charge in [0.2, 0.25) is 10.0 Å². The molecule has 0 bridgehead atoms. The molecule has 1 heterocycles. The minimum Gasteiger partial charge on any atom is -0.330 e. The third kappa shape index (κ3) is 3.62. The molecule has 1 atom stereocenters. The zero-order valence-corrected chi connectivity index (χ0v) is 15.0. The summed E-state index contributed by atoms with van der Waals surface area (Å²) in [6.45, 7) is 3.00. The first kappa shape index (κ1) is 19.4. The number of benzene rings is 1. The highest BCUT2D eigenvalue weighted by atomic mass is 35.5. The maximum absolute atomic E-state index is 12.7. The second-order valence-corrected chi connectivity index (χ2v) is 9.71. The molecule has 6 nitrogen and oxygen atoms in total. The molecule has 0 spiro atoms. The highest BCUT2D eigenvalue weighted by Crippen LogP contribution is 2.34. The van der Waals surface area contributed by atoms with E-state index in [4.69, 9.17) is 5.73 Å². The third-order valence-corrected chi connectivity index (χ3v) is 7.07. The fraction of sp³-hybridized carbons (Fsp3) is 0.538. The normalized spacial score (nSPS) is 23.2. The summed E-state index contributed by atoms with van der Waals surface area (Å²) in [7, 11) is -7.45. The second kappa shape index (κ2) is 6.45. The summed E-state index contributed by atoms with van der Waals surface area (Å²) in [6.07, 6.45) is 1.68. The van der Waals surface area contributed by atoms with Gasteiger partial charge in [-0.25, -0.2) is 16.8 Å². The van der Waals surface area contributed by atoms with Gasteiger partial charge in [0, 0.05) is 19.3 Å². The summed E-state index contributed by atoms with van der Waals surface area (Å²) in [5.41, 5.74) is 5.44. The Labute approximate surface area is 138 Å². The van der Waals surface area contributed by atoms with Crippen LogP contribution in [-0.2, 0) is 19.9 Å². The summed E-state index contributed by atoms with van der Waals surface area (Å²) in [5.74, 6) is 0. The van der Waals surface area contributed by atoms with Crippen LogP contribution in [0.5, 0.6) is 0 Å². The van der Waals surface area contributed by atoms with Crippen LogP contribution in [0, 0.1) is 5.41 Å². The molecule has 22 heavy (non-hydrogen) atoms. The van der Waals surface area contributed by atoms with Crippen LogP contribution < -0.4 is 5.73 Å². The van der Waals surface area contributed by atoms with Gasteiger partial charge in [-0.1, -0.05) is 19.1 Å². The third-order valence-electron chi connectivity index (χ3n) is 3.88. The van der Waals surface area contributed by atoms with E-state index in [0.29, 0.717) is 26.1 Å². The van der Waals surface area contributed by atoms with E-state index in [1.807, 2.05) is 6.92 Å². The van der Waals surface area contributed by atoms with Gasteiger partial charge in [-0.3, -0.25) is 0 Å². The number of rotatable bonds is 4. The molecule has 2 N–H and O–H groups in total. The molecule has 1 saturated heterocycles. The van der Waals surface area contributed by atoms with Crippen molar-refractivity contribution in [2.45, 2.75) is 23.1 Å². The first-order valence-corrected chi connectivity index (χ1v) is 9.93. The van der Waals surface area contributed by atoms with Crippen molar-refractivity contribution >= 4 is 32.3 Å². The minimum absolute atomic E-state index is 0. The summed E-state index contributed by atoms with van der Waals surface area (Å²) in [5, 5.41) is 0. The van der Waals surface area contributed by atoms with E-state index < -0.39 is 19.9 Å². The lowest BCUT2D eigenvalue weighted by Crippen LogP contribution is -2.35. The summed E-state index contributed by atoms with van der Waals surface area (Å²) < 4.78 is 50.4. The van der Waals surface area contributed by atoms with Crippen molar-refractivity contribution in [3.8, 4) is 0 Å². The van der Waals surface area contributed by atoms with Gasteiger partial charge in [0.15, 0.2) is 9.84 Å². The van der Waals surface area contributed by atoms with E-state index in [1.54, 1.807) is 0 Å². The van der Waals surface area contributed by atoms with Crippen molar-refractivity contribution in [1.82, 2.24) is 4.31 Å². The van der Waals surface area contributed by atoms with Gasteiger partial charge >= 0.3 is 0 Å². The fourth-order valence-corrected chi connectivity index (χ4v) is 5.65. The van der Waals surface area contributed by atoms with E-state index in [-0.39, 0.29) is 27.6 Å². The average molecular weight is 369 g/mol. The topological polar surface area (TPSA) is 97.5 Å². The zero-order valence-electron chi connectivity index (χ0n) is 12.5. The van der Waals surface area contributed by atoms with Crippen LogP contribution in [0.15, 0.2) is 34.1 Å². The van der Waals surface area contributed by atoms with Crippen LogP contribution in [0.25, 0.3) is 0 Å². The Balaban J connectivity index is 0.00000242. The van der Waals surface area contributed by atoms with Gasteiger partial charge in [-0.2, -0.15) is 4.31 Å². The molecule has 0 aromatic heterocycles. The second-order valence-electron chi connectivity index (χ2n) is 5.82. The molecule has 2 rings (SSSR count). The summed E-state index contributed by atoms with van der Waals surface area (Å²) in [6, 6.07) is 5.70. The highest BCUT2D eigenvalue weighted by Gasteiger charge is 2.40. The Bertz CT molecular complexity index is 749. The Morgan fingerprint density at radius 2 is 1.73 bits per heavy atom. The van der Waals surface area contributed by atoms with E-state index in [0.717, 1.165) is 6.26 Å². The fourth-order valence-electron chi connectivity index (χ4n) is 2.46. The minimum atomic E-state index is -3.84. The molecular formula is C13H21ClN2O4S2. The van der Waals surface area contributed by atoms with E-state index in [2.05, 4.69) is 0 Å². The van der Waals surface area contributed by atoms with Gasteiger partial charge in [0.1, 0.15) is 4.90 Å². The van der Waals surface area contributed by atoms with Crippen LogP contribution in [-0.4, -0.2) is 47.0 Å². The number of nitrogens with zero attached hydrogens (tertiary/aromatic N) is 1. The number of hydrogen-bond donors (Lipinski definition) is 1. The molecular weight excluding hydrogens is 348 g/mol. The summed E-state index contributed by atoms with van der Waals surface area (Å²) in [4.78, 5) is -0.319. The summed E-state index contributed by atoms with van der Waals surface area (Å²) >= 11 is 0. The monoisotopic (exact) mass is 368 g/mol. The standard InChI is InChI=1S/C13H20N2O4S2.ClH/c1-13(9-14)7-8-15(10-13)21(18,19)12-6-4-3-5-11(12)20(2,16)17;/h3-6H,7-10,14H2,1-2H3;1H. The van der Waals surface area contributed by atoms with Gasteiger partial charge in [0.05, 0.1) is 4.90 Å². The molecule has 0 amide bonds. The first-order valence-electron chi connectivity index (χ1n) is 6.59. The average Bonchev–Trinajstić information content (AvgIpc) is 2.82. The lowest BCUT2D eigenvalue weighted by molar-refractivity contribution is 0.349. The molecule has 1 aromatic carbocycles. The number of sulfonamides is 1. The molecule has 0 saturated carbocycles. The molecule has 0 aliphatic carbocycles. The largest absolute Gasteiger partial charge is 0.330 e. The Morgan fingerprint density at radius 1 is 1.18 bits per heavy atom. The Hall–Kier alpha value is -0.670. The maximum atomic E-state index is 12.7. The maximum Gasteiger partial charge on any atom is 0.244 e. The van der Waals surface area contributed by atoms with Gasteiger partial charge in [0.25, 0.3) is 0 Å². The van der Waals surface area contributed by atoms with Crippen molar-refractivity contribution in [2.75, 3.05) is 25.9 Å². The van der Waals surface area contributed by atoms with Crippen molar-refractivity contribution in [1.29, 1.82) is 0 Å². The smallest absolute Gasteiger partial charge is 0.244 e. The Kier molecular flexibility index (Phi) is 5.68. The molecule has 1 fully saturated rings. The molecule has 1 aliphatic rings. The lowest BCUT2D eigenvalue weighted by atomic mass is 9.90. The molecule has 1 aromatic rings. The van der Waals surface area contributed by atoms with Crippen molar-refractivity contribution in [2.24, 2.45) is 11.1 Å². The predicted octanol–water partition coefficient (Wildman–Crippen LogP) is 0.871. The van der Waals surface area contributed by atoms with E-state index in [1.165, 1.54) is 28.6 Å². The van der Waals surface area contributed by atoms with Crippen molar-refractivity contribution in [3.63, 3.8) is 0 Å². The van der Waals surface area contributed by atoms with Gasteiger partial charge in [-0.15, -0.1) is 12.4 Å². The van der Waals surface area contributed by atoms with Crippen LogP contribution in [0.3, 0.4) is 0 Å². The number of hydrogen-bond acceptors (Lipinski definition) is 5. The molecule has 126 valence electrons. The number of sulfone groups is 1. The molecule has 0 radical (unpaired) electrons. The van der Waals surface area contributed by atoms with E-state index >= 15 is 0 Å². The zero-order chi connectivity index (χ0) is 15.9. The van der Waals surface area contributed by atoms with Crippen molar-refractivity contribution in [3.05, 3.63) is 24.3 Å². The molecule has 9 heteroatoms. The predicted molar refractivity (Wildman–Crippen MR) is 87.3 cm³/mol. The SMILES string of the molecule is CC1(CN)CCN(S(=O)(=O)c2ccccc2S(C)(=O)=O)C1.Cl. The van der Waals surface area contributed by atoms with Gasteiger partial charge in [-0.05, 0) is 30.5 Å². The first-order chi connectivity index (χ1) is 9.60. The molecule has 1 aliphatic heterocycles. The van der Waals surface area contributed by atoms with E-state index in [9.17, 15) is 16.8 Å². The number of nitrogens with two attached hydrogens (primary N) is 1. The van der Waals surface area contributed by atoms with Crippen molar-refractivity contribution < 1.29 is 16.8 Å². The van der Waals surface area contributed by atoms with Crippen LogP contribution >= 0.6 is 12.4 Å². The Morgan fingerprint density at radius 3 is 2.18 bits per heavy atom. The van der Waals surface area contributed by atoms with Crippen LogP contribution in [0.1, 0.15) is 13.3 Å². The quantitative estimate of drug-likeness (QED) is 0.850. The highest BCUT2D eigenvalue weighted by molar-refractivity contribution is 7.93. The number of halogens is 1. The molecule has 1 unspecified atom stereocenters. The lowest BCUT2D eigenvalue weighted by Gasteiger charge is -2.23. The van der Waals surface area contributed by atoms with Crippen LogP contribution in [0.4, 0.5) is 0 Å². The van der Waals surface area contributed by atoms with Gasteiger partial charge < -0.3 is 5.73 Å².